The molecule has 2 N–H and O–H groups in total. The Bertz CT molecular complexity index is 2060. The smallest absolute Gasteiger partial charge is 0.379 e. The number of rotatable bonds is 5. The fraction of sp³-hybridized carbons (Fsp3) is 0.359. The number of morpholine rings is 3. The normalized spacial score (nSPS) is 15.3. The van der Waals surface area contributed by atoms with Crippen LogP contribution in [-0.2, 0) is 20.4 Å². The van der Waals surface area contributed by atoms with E-state index in [1.165, 1.54) is 12.1 Å². The third kappa shape index (κ3) is 15.2. The molecule has 1 amide bonds. The van der Waals surface area contributed by atoms with Gasteiger partial charge in [-0.15, -0.1) is 10.2 Å². The first-order valence-electron chi connectivity index (χ1n) is 18.4. The van der Waals surface area contributed by atoms with Gasteiger partial charge in [-0.25, -0.2) is 0 Å². The Morgan fingerprint density at radius 1 is 0.746 bits per heavy atom. The highest BCUT2D eigenvalue weighted by atomic mass is 79.9. The van der Waals surface area contributed by atoms with E-state index in [0.29, 0.717) is 34.9 Å². The van der Waals surface area contributed by atoms with Crippen LogP contribution >= 0.6 is 39.1 Å². The minimum absolute atomic E-state index is 0.0731. The van der Waals surface area contributed by atoms with Crippen molar-refractivity contribution in [3.05, 3.63) is 111 Å². The summed E-state index contributed by atoms with van der Waals surface area (Å²) in [6.07, 6.45) is 0.476. The van der Waals surface area contributed by atoms with Crippen LogP contribution in [0.2, 0.25) is 10.3 Å². The second-order valence-electron chi connectivity index (χ2n) is 12.9. The first-order chi connectivity index (χ1) is 28.5. The van der Waals surface area contributed by atoms with Crippen LogP contribution in [0, 0.1) is 6.92 Å². The van der Waals surface area contributed by atoms with Crippen LogP contribution in [0.5, 0.6) is 0 Å². The van der Waals surface area contributed by atoms with Crippen LogP contribution in [-0.4, -0.2) is 115 Å². The van der Waals surface area contributed by atoms with Crippen molar-refractivity contribution in [3.8, 4) is 11.3 Å². The fourth-order valence-electron chi connectivity index (χ4n) is 5.66. The number of nitrogens with one attached hydrogen (secondary N) is 2. The quantitative estimate of drug-likeness (QED) is 0.186. The number of carbonyl (C=O) groups is 1. The number of halogens is 6. The van der Waals surface area contributed by atoms with Gasteiger partial charge in [-0.2, -0.15) is 33.6 Å². The molecule has 14 nitrogen and oxygen atoms in total. The highest BCUT2D eigenvalue weighted by Gasteiger charge is 2.31. The molecule has 3 saturated heterocycles. The predicted octanol–water partition coefficient (Wildman–Crippen LogP) is 7.03. The summed E-state index contributed by atoms with van der Waals surface area (Å²) >= 11 is 14.3. The van der Waals surface area contributed by atoms with Crippen LogP contribution in [0.1, 0.15) is 21.5 Å². The van der Waals surface area contributed by atoms with Gasteiger partial charge in [-0.05, 0) is 70.9 Å². The summed E-state index contributed by atoms with van der Waals surface area (Å²) in [5.41, 5.74) is 3.79. The van der Waals surface area contributed by atoms with Gasteiger partial charge in [0.2, 0.25) is 0 Å². The summed E-state index contributed by atoms with van der Waals surface area (Å²) in [5, 5.41) is 29.6. The lowest BCUT2D eigenvalue weighted by atomic mass is 10.0. The summed E-state index contributed by atoms with van der Waals surface area (Å²) in [6.45, 7) is 11.9. The van der Waals surface area contributed by atoms with Gasteiger partial charge in [0, 0.05) is 66.6 Å². The molecule has 0 unspecified atom stereocenters. The van der Waals surface area contributed by atoms with Gasteiger partial charge in [0.25, 0.3) is 5.91 Å². The minimum Gasteiger partial charge on any atom is -0.379 e. The largest absolute Gasteiger partial charge is 0.416 e. The van der Waals surface area contributed by atoms with Gasteiger partial charge < -0.3 is 34.6 Å². The number of benzene rings is 2. The second-order valence-corrected chi connectivity index (χ2v) is 14.5. The van der Waals surface area contributed by atoms with Crippen molar-refractivity contribution in [2.75, 3.05) is 94.0 Å². The average molecular weight is 923 g/mol. The lowest BCUT2D eigenvalue weighted by Gasteiger charge is -2.28. The maximum absolute atomic E-state index is 13.0. The monoisotopic (exact) mass is 920 g/mol. The van der Waals surface area contributed by atoms with E-state index in [0.717, 1.165) is 105 Å². The summed E-state index contributed by atoms with van der Waals surface area (Å²) in [7, 11) is 0. The molecule has 0 bridgehead atoms. The molecular formula is C39H42BrCl2F3N10O4. The van der Waals surface area contributed by atoms with E-state index in [9.17, 15) is 18.0 Å². The van der Waals surface area contributed by atoms with Crippen LogP contribution in [0.15, 0.2) is 83.7 Å². The Morgan fingerprint density at radius 3 is 1.85 bits per heavy atom. The molecule has 59 heavy (non-hydrogen) atoms. The Hall–Kier alpha value is -4.56. The van der Waals surface area contributed by atoms with Crippen LogP contribution in [0.3, 0.4) is 0 Å². The van der Waals surface area contributed by atoms with Crippen LogP contribution in [0.4, 0.5) is 30.2 Å². The first kappa shape index (κ1) is 45.5. The fourth-order valence-corrected chi connectivity index (χ4v) is 6.42. The van der Waals surface area contributed by atoms with E-state index in [1.54, 1.807) is 36.8 Å². The number of nitrogens with zero attached hydrogens (tertiary/aromatic N) is 8. The zero-order chi connectivity index (χ0) is 42.0. The van der Waals surface area contributed by atoms with Gasteiger partial charge in [-0.3, -0.25) is 4.79 Å². The number of anilines is 3. The molecule has 2 aromatic carbocycles. The maximum Gasteiger partial charge on any atom is 0.416 e. The molecule has 3 aromatic heterocycles. The summed E-state index contributed by atoms with van der Waals surface area (Å²) in [5.74, 6) is -0.626. The van der Waals surface area contributed by atoms with Crippen molar-refractivity contribution >= 4 is 62.1 Å². The molecule has 0 saturated carbocycles. The van der Waals surface area contributed by atoms with Crippen molar-refractivity contribution in [1.82, 2.24) is 35.9 Å². The molecule has 3 aliphatic rings. The topological polar surface area (TPSA) is 153 Å². The van der Waals surface area contributed by atoms with Crippen molar-refractivity contribution < 1.29 is 32.2 Å². The zero-order valence-electron chi connectivity index (χ0n) is 32.0. The van der Waals surface area contributed by atoms with Gasteiger partial charge >= 0.3 is 6.18 Å². The van der Waals surface area contributed by atoms with E-state index in [1.807, 2.05) is 25.1 Å². The first-order valence-corrected chi connectivity index (χ1v) is 20.0. The van der Waals surface area contributed by atoms with Gasteiger partial charge in [0.05, 0.1) is 80.9 Å². The van der Waals surface area contributed by atoms with Crippen LogP contribution in [0.25, 0.3) is 11.3 Å². The number of aryl methyl sites for hydroxylation is 1. The predicted molar refractivity (Wildman–Crippen MR) is 223 cm³/mol. The minimum atomic E-state index is -4.52. The summed E-state index contributed by atoms with van der Waals surface area (Å²) in [4.78, 5) is 16.9. The van der Waals surface area contributed by atoms with Gasteiger partial charge in [0.1, 0.15) is 0 Å². The molecule has 314 valence electrons. The number of ether oxygens (including phenoxy) is 3. The van der Waals surface area contributed by atoms with E-state index in [2.05, 4.69) is 67.0 Å². The van der Waals surface area contributed by atoms with E-state index < -0.39 is 17.6 Å². The standard InChI is InChI=1S/C23H21F3N4O2.C8H10ClN3O.C4H2BrClN2.C4H9NO/c1-15-5-6-18(28-22(31)16-3-2-4-17(11-16)23(24,25)26)12-20(15)21-13-19(14-27-29-21)30-7-9-32-10-8-30;9-8-5-7(6-10-11-8)12-1-3-13-4-2-12;5-3-1-4(6)8-7-2-3;1-3-6-4-2-5-1/h2-6,11-14H,7-10H2,1H3,(H,28,31);5-6H,1-4H2;1-2H;5H,1-4H2. The number of hydrogen-bond acceptors (Lipinski definition) is 13. The average Bonchev–Trinajstić information content (AvgIpc) is 3.26. The van der Waals surface area contributed by atoms with Crippen molar-refractivity contribution in [2.45, 2.75) is 13.1 Å². The van der Waals surface area contributed by atoms with Crippen LogP contribution < -0.4 is 20.4 Å². The van der Waals surface area contributed by atoms with Crippen molar-refractivity contribution in [1.29, 1.82) is 0 Å². The molecule has 3 fully saturated rings. The van der Waals surface area contributed by atoms with Gasteiger partial charge in [-0.1, -0.05) is 35.3 Å². The van der Waals surface area contributed by atoms with E-state index in [4.69, 9.17) is 37.4 Å². The molecular weight excluding hydrogens is 880 g/mol. The molecule has 5 aromatic rings. The number of amides is 1. The molecule has 8 rings (SSSR count). The number of carbonyl (C=O) groups excluding carboxylic acids is 1. The Labute approximate surface area is 357 Å². The van der Waals surface area contributed by atoms with Gasteiger partial charge in [0.15, 0.2) is 10.3 Å². The molecule has 0 atom stereocenters. The Morgan fingerprint density at radius 2 is 1.32 bits per heavy atom. The Balaban J connectivity index is 0.000000196. The number of aromatic nitrogens is 6. The lowest BCUT2D eigenvalue weighted by Crippen LogP contribution is -2.36. The molecule has 6 heterocycles. The van der Waals surface area contributed by atoms with Crippen molar-refractivity contribution in [3.63, 3.8) is 0 Å². The molecule has 3 aliphatic heterocycles. The lowest BCUT2D eigenvalue weighted by molar-refractivity contribution is -0.137. The number of alkyl halides is 3. The molecule has 20 heteroatoms. The SMILES string of the molecule is C1COCCN1.Cc1ccc(NC(=O)c2cccc(C(F)(F)F)c2)cc1-c1cc(N2CCOCC2)cnn1.Clc1cc(Br)cnn1.Clc1cc(N2CCOCC2)cnn1. The second kappa shape index (κ2) is 23.3. The Kier molecular flexibility index (Phi) is 18.0. The van der Waals surface area contributed by atoms with E-state index >= 15 is 0 Å². The third-order valence-corrected chi connectivity index (χ3v) is 9.47. The molecule has 0 aliphatic carbocycles. The summed E-state index contributed by atoms with van der Waals surface area (Å²) in [6, 6.07) is 15.0. The maximum atomic E-state index is 13.0. The number of hydrogen-bond donors (Lipinski definition) is 2. The highest BCUT2D eigenvalue weighted by Crippen LogP contribution is 2.31. The summed E-state index contributed by atoms with van der Waals surface area (Å²) < 4.78 is 55.3. The van der Waals surface area contributed by atoms with E-state index in [-0.39, 0.29) is 5.56 Å². The zero-order valence-corrected chi connectivity index (χ0v) is 35.1. The molecule has 0 radical (unpaired) electrons. The highest BCUT2D eigenvalue weighted by molar-refractivity contribution is 9.10. The molecule has 0 spiro atoms. The third-order valence-electron chi connectivity index (χ3n) is 8.66. The van der Waals surface area contributed by atoms with Crippen molar-refractivity contribution in [2.24, 2.45) is 0 Å².